The molecule has 1 aliphatic rings. The van der Waals surface area contributed by atoms with Crippen molar-refractivity contribution in [2.45, 2.75) is 30.6 Å². The van der Waals surface area contributed by atoms with Crippen LogP contribution in [0.2, 0.25) is 5.15 Å². The molecule has 18 heavy (non-hydrogen) atoms. The number of pyridine rings is 1. The normalized spacial score (nSPS) is 23.1. The van der Waals surface area contributed by atoms with E-state index in [0.717, 1.165) is 31.5 Å². The predicted octanol–water partition coefficient (Wildman–Crippen LogP) is 2.89. The molecule has 1 N–H and O–H groups in total. The summed E-state index contributed by atoms with van der Waals surface area (Å²) < 4.78 is 13.0. The van der Waals surface area contributed by atoms with Gasteiger partial charge in [0.2, 0.25) is 0 Å². The molecule has 0 bridgehead atoms. The van der Waals surface area contributed by atoms with Crippen molar-refractivity contribution in [2.75, 3.05) is 6.26 Å². The predicted molar refractivity (Wildman–Crippen MR) is 71.6 cm³/mol. The van der Waals surface area contributed by atoms with Gasteiger partial charge in [-0.05, 0) is 31.6 Å². The third kappa shape index (κ3) is 3.14. The van der Waals surface area contributed by atoms with Crippen molar-refractivity contribution >= 4 is 29.3 Å². The van der Waals surface area contributed by atoms with E-state index in [1.807, 2.05) is 11.8 Å². The van der Waals surface area contributed by atoms with Crippen LogP contribution in [0, 0.1) is 5.82 Å². The number of halogens is 2. The Morgan fingerprint density at radius 3 is 3.06 bits per heavy atom. The lowest BCUT2D eigenvalue weighted by atomic mass is 10.2. The first-order valence-corrected chi connectivity index (χ1v) is 7.41. The number of rotatable bonds is 3. The van der Waals surface area contributed by atoms with Gasteiger partial charge in [-0.1, -0.05) is 11.6 Å². The number of thioether (sulfide) groups is 1. The molecule has 0 aliphatic heterocycles. The van der Waals surface area contributed by atoms with Crippen LogP contribution in [0.3, 0.4) is 0 Å². The van der Waals surface area contributed by atoms with Crippen LogP contribution in [0.4, 0.5) is 4.39 Å². The van der Waals surface area contributed by atoms with E-state index in [2.05, 4.69) is 16.6 Å². The van der Waals surface area contributed by atoms with Gasteiger partial charge in [0, 0.05) is 11.3 Å². The van der Waals surface area contributed by atoms with E-state index in [0.29, 0.717) is 5.25 Å². The third-order valence-corrected chi connectivity index (χ3v) is 4.50. The van der Waals surface area contributed by atoms with E-state index < -0.39 is 5.82 Å². The molecule has 98 valence electrons. The van der Waals surface area contributed by atoms with Crippen LogP contribution in [-0.2, 0) is 0 Å². The lowest BCUT2D eigenvalue weighted by Crippen LogP contribution is -2.33. The Bertz CT molecular complexity index is 458. The highest BCUT2D eigenvalue weighted by Gasteiger charge is 2.26. The molecule has 3 nitrogen and oxygen atoms in total. The van der Waals surface area contributed by atoms with Gasteiger partial charge < -0.3 is 5.32 Å². The van der Waals surface area contributed by atoms with Crippen LogP contribution in [-0.4, -0.2) is 28.4 Å². The van der Waals surface area contributed by atoms with Crippen LogP contribution >= 0.6 is 23.4 Å². The maximum Gasteiger partial charge on any atom is 0.254 e. The Kier molecular flexibility index (Phi) is 4.45. The fourth-order valence-electron chi connectivity index (χ4n) is 2.13. The van der Waals surface area contributed by atoms with E-state index in [1.54, 1.807) is 0 Å². The van der Waals surface area contributed by atoms with Gasteiger partial charge in [0.05, 0.1) is 11.8 Å². The zero-order valence-electron chi connectivity index (χ0n) is 9.95. The summed E-state index contributed by atoms with van der Waals surface area (Å²) in [4.78, 5) is 15.6. The van der Waals surface area contributed by atoms with E-state index in [4.69, 9.17) is 11.6 Å². The van der Waals surface area contributed by atoms with Crippen molar-refractivity contribution < 1.29 is 9.18 Å². The maximum absolute atomic E-state index is 13.0. The number of hydrogen-bond acceptors (Lipinski definition) is 3. The molecule has 2 rings (SSSR count). The summed E-state index contributed by atoms with van der Waals surface area (Å²) in [6, 6.07) is 1.26. The van der Waals surface area contributed by atoms with E-state index in [-0.39, 0.29) is 22.7 Å². The molecule has 1 saturated carbocycles. The second kappa shape index (κ2) is 5.89. The molecular weight excluding hydrogens is 275 g/mol. The van der Waals surface area contributed by atoms with E-state index in [1.165, 1.54) is 0 Å². The van der Waals surface area contributed by atoms with Crippen molar-refractivity contribution in [3.63, 3.8) is 0 Å². The first-order valence-electron chi connectivity index (χ1n) is 5.75. The molecule has 0 aromatic carbocycles. The fraction of sp³-hybridized carbons (Fsp3) is 0.500. The van der Waals surface area contributed by atoms with E-state index in [9.17, 15) is 9.18 Å². The highest BCUT2D eigenvalue weighted by atomic mass is 35.5. The van der Waals surface area contributed by atoms with Crippen LogP contribution in [0.5, 0.6) is 0 Å². The zero-order valence-corrected chi connectivity index (χ0v) is 11.5. The summed E-state index contributed by atoms with van der Waals surface area (Å²) >= 11 is 7.60. The number of carbonyl (C=O) groups excluding carboxylic acids is 1. The molecule has 2 unspecified atom stereocenters. The number of nitrogens with one attached hydrogen (secondary N) is 1. The molecule has 0 saturated heterocycles. The smallest absolute Gasteiger partial charge is 0.254 e. The number of nitrogens with zero attached hydrogens (tertiary/aromatic N) is 1. The second-order valence-corrected chi connectivity index (χ2v) is 5.83. The molecule has 1 amide bonds. The summed E-state index contributed by atoms with van der Waals surface area (Å²) in [6.07, 6.45) is 6.08. The molecule has 1 aromatic heterocycles. The van der Waals surface area contributed by atoms with Gasteiger partial charge in [0.15, 0.2) is 0 Å². The zero-order chi connectivity index (χ0) is 13.1. The Morgan fingerprint density at radius 2 is 2.39 bits per heavy atom. The van der Waals surface area contributed by atoms with Gasteiger partial charge in [0.1, 0.15) is 11.0 Å². The SMILES string of the molecule is CSC1CCC(NC(=O)c2cc(F)cnc2Cl)C1. The lowest BCUT2D eigenvalue weighted by molar-refractivity contribution is 0.0937. The first-order chi connectivity index (χ1) is 8.60. The average molecular weight is 289 g/mol. The quantitative estimate of drug-likeness (QED) is 0.870. The monoisotopic (exact) mass is 288 g/mol. The Hall–Kier alpha value is -0.810. The highest BCUT2D eigenvalue weighted by Crippen LogP contribution is 2.28. The van der Waals surface area contributed by atoms with Gasteiger partial charge >= 0.3 is 0 Å². The molecule has 6 heteroatoms. The number of hydrogen-bond donors (Lipinski definition) is 1. The molecule has 2 atom stereocenters. The summed E-state index contributed by atoms with van der Waals surface area (Å²) in [7, 11) is 0. The van der Waals surface area contributed by atoms with E-state index >= 15 is 0 Å². The Morgan fingerprint density at radius 1 is 1.61 bits per heavy atom. The van der Waals surface area contributed by atoms with Gasteiger partial charge in [-0.2, -0.15) is 11.8 Å². The average Bonchev–Trinajstić information content (AvgIpc) is 2.80. The van der Waals surface area contributed by atoms with Gasteiger partial charge in [0.25, 0.3) is 5.91 Å². The van der Waals surface area contributed by atoms with Crippen molar-refractivity contribution in [3.8, 4) is 0 Å². The number of amides is 1. The minimum atomic E-state index is -0.557. The summed E-state index contributed by atoms with van der Waals surface area (Å²) in [5.41, 5.74) is 0.101. The van der Waals surface area contributed by atoms with Crippen molar-refractivity contribution in [1.82, 2.24) is 10.3 Å². The lowest BCUT2D eigenvalue weighted by Gasteiger charge is -2.13. The Labute approximate surface area is 115 Å². The fourth-order valence-corrected chi connectivity index (χ4v) is 3.12. The number of carbonyl (C=O) groups is 1. The molecular formula is C12H14ClFN2OS. The van der Waals surface area contributed by atoms with Gasteiger partial charge in [-0.25, -0.2) is 9.37 Å². The van der Waals surface area contributed by atoms with Gasteiger partial charge in [-0.15, -0.1) is 0 Å². The van der Waals surface area contributed by atoms with Crippen molar-refractivity contribution in [2.24, 2.45) is 0 Å². The van der Waals surface area contributed by atoms with Crippen LogP contribution in [0.15, 0.2) is 12.3 Å². The van der Waals surface area contributed by atoms with Gasteiger partial charge in [-0.3, -0.25) is 4.79 Å². The first kappa shape index (κ1) is 13.6. The third-order valence-electron chi connectivity index (χ3n) is 3.10. The number of aromatic nitrogens is 1. The summed E-state index contributed by atoms with van der Waals surface area (Å²) in [5, 5.41) is 3.51. The minimum Gasteiger partial charge on any atom is -0.349 e. The summed E-state index contributed by atoms with van der Waals surface area (Å²) in [5.74, 6) is -0.906. The molecule has 1 heterocycles. The molecule has 1 fully saturated rings. The van der Waals surface area contributed by atoms with Crippen molar-refractivity contribution in [3.05, 3.63) is 28.8 Å². The Balaban J connectivity index is 2.02. The topological polar surface area (TPSA) is 42.0 Å². The largest absolute Gasteiger partial charge is 0.349 e. The standard InChI is InChI=1S/C12H14ClFN2OS/c1-18-9-3-2-8(5-9)16-12(17)10-4-7(14)6-15-11(10)13/h4,6,8-9H,2-3,5H2,1H3,(H,16,17). The second-order valence-electron chi connectivity index (χ2n) is 4.33. The molecule has 0 spiro atoms. The van der Waals surface area contributed by atoms with Crippen LogP contribution in [0.1, 0.15) is 29.6 Å². The van der Waals surface area contributed by atoms with Crippen LogP contribution < -0.4 is 5.32 Å². The molecule has 1 aromatic rings. The molecule has 0 radical (unpaired) electrons. The highest BCUT2D eigenvalue weighted by molar-refractivity contribution is 7.99. The van der Waals surface area contributed by atoms with Crippen molar-refractivity contribution in [1.29, 1.82) is 0 Å². The maximum atomic E-state index is 13.0. The minimum absolute atomic E-state index is 0.0355. The molecule has 1 aliphatic carbocycles. The van der Waals surface area contributed by atoms with Crippen LogP contribution in [0.25, 0.3) is 0 Å². The summed E-state index contributed by atoms with van der Waals surface area (Å²) in [6.45, 7) is 0.